The Kier molecular flexibility index (Phi) is 7.45. The summed E-state index contributed by atoms with van der Waals surface area (Å²) < 4.78 is 0. The molecule has 0 bridgehead atoms. The van der Waals surface area contributed by atoms with E-state index < -0.39 is 0 Å². The first kappa shape index (κ1) is 14.7. The summed E-state index contributed by atoms with van der Waals surface area (Å²) in [7, 11) is 0. The summed E-state index contributed by atoms with van der Waals surface area (Å²) in [5.74, 6) is 0. The molecule has 1 N–H and O–H groups in total. The monoisotopic (exact) mass is 254 g/mol. The maximum atomic E-state index is 4.52. The van der Waals surface area contributed by atoms with E-state index in [9.17, 15) is 0 Å². The van der Waals surface area contributed by atoms with Gasteiger partial charge in [-0.25, -0.2) is 4.98 Å². The van der Waals surface area contributed by atoms with Gasteiger partial charge >= 0.3 is 0 Å². The van der Waals surface area contributed by atoms with Crippen LogP contribution in [0.3, 0.4) is 0 Å². The van der Waals surface area contributed by atoms with Crippen LogP contribution in [0.5, 0.6) is 0 Å². The van der Waals surface area contributed by atoms with Gasteiger partial charge in [0.15, 0.2) is 0 Å². The van der Waals surface area contributed by atoms with Crippen molar-refractivity contribution < 1.29 is 0 Å². The molecule has 0 saturated heterocycles. The van der Waals surface area contributed by atoms with Crippen LogP contribution >= 0.6 is 11.3 Å². The van der Waals surface area contributed by atoms with Gasteiger partial charge in [0.1, 0.15) is 5.01 Å². The van der Waals surface area contributed by atoms with E-state index in [1.807, 2.05) is 11.3 Å². The highest BCUT2D eigenvalue weighted by molar-refractivity contribution is 7.11. The summed E-state index contributed by atoms with van der Waals surface area (Å²) in [6, 6.07) is 0. The normalized spacial score (nSPS) is 11.0. The molecule has 1 aromatic heterocycles. The van der Waals surface area contributed by atoms with Crippen LogP contribution in [0.15, 0.2) is 0 Å². The van der Waals surface area contributed by atoms with Crippen molar-refractivity contribution in [1.82, 2.24) is 10.3 Å². The zero-order valence-electron chi connectivity index (χ0n) is 11.5. The van der Waals surface area contributed by atoms with Crippen LogP contribution in [0.4, 0.5) is 0 Å². The van der Waals surface area contributed by atoms with Crippen molar-refractivity contribution in [3.05, 3.63) is 15.6 Å². The molecule has 0 fully saturated rings. The van der Waals surface area contributed by atoms with Gasteiger partial charge in [-0.2, -0.15) is 0 Å². The molecule has 0 atom stereocenters. The predicted molar refractivity (Wildman–Crippen MR) is 76.7 cm³/mol. The Morgan fingerprint density at radius 3 is 2.41 bits per heavy atom. The number of hydrogen-bond acceptors (Lipinski definition) is 3. The molecule has 17 heavy (non-hydrogen) atoms. The largest absolute Gasteiger partial charge is 0.310 e. The van der Waals surface area contributed by atoms with Gasteiger partial charge in [0, 0.05) is 11.4 Å². The molecule has 0 saturated carbocycles. The zero-order valence-corrected chi connectivity index (χ0v) is 12.3. The van der Waals surface area contributed by atoms with Crippen LogP contribution in [-0.2, 0) is 6.54 Å². The second-order valence-electron chi connectivity index (χ2n) is 4.69. The van der Waals surface area contributed by atoms with Gasteiger partial charge in [-0.1, -0.05) is 39.0 Å². The van der Waals surface area contributed by atoms with Crippen molar-refractivity contribution in [1.29, 1.82) is 0 Å². The molecule has 2 nitrogen and oxygen atoms in total. The summed E-state index contributed by atoms with van der Waals surface area (Å²) in [4.78, 5) is 5.87. The Balaban J connectivity index is 1.97. The molecule has 1 heterocycles. The summed E-state index contributed by atoms with van der Waals surface area (Å²) >= 11 is 1.82. The Hall–Kier alpha value is -0.410. The van der Waals surface area contributed by atoms with E-state index in [0.717, 1.165) is 13.1 Å². The van der Waals surface area contributed by atoms with Gasteiger partial charge in [-0.05, 0) is 26.8 Å². The average molecular weight is 254 g/mol. The lowest BCUT2D eigenvalue weighted by Crippen LogP contribution is -2.14. The van der Waals surface area contributed by atoms with Crippen molar-refractivity contribution in [3.63, 3.8) is 0 Å². The Bertz CT molecular complexity index is 288. The number of nitrogens with zero attached hydrogens (tertiary/aromatic N) is 1. The van der Waals surface area contributed by atoms with Gasteiger partial charge in [0.25, 0.3) is 0 Å². The SMILES string of the molecule is CCCCCCCCNCc1nc(C)c(C)s1. The minimum atomic E-state index is 0.939. The molecule has 0 radical (unpaired) electrons. The molecule has 0 spiro atoms. The van der Waals surface area contributed by atoms with Gasteiger partial charge in [0.05, 0.1) is 5.69 Å². The molecule has 1 rings (SSSR count). The third-order valence-electron chi connectivity index (χ3n) is 3.06. The summed E-state index contributed by atoms with van der Waals surface area (Å²) in [6.45, 7) is 8.56. The lowest BCUT2D eigenvalue weighted by atomic mass is 10.1. The van der Waals surface area contributed by atoms with Gasteiger partial charge < -0.3 is 5.32 Å². The molecule has 0 unspecified atom stereocenters. The topological polar surface area (TPSA) is 24.9 Å². The minimum absolute atomic E-state index is 0.939. The lowest BCUT2D eigenvalue weighted by Gasteiger charge is -2.02. The van der Waals surface area contributed by atoms with Crippen molar-refractivity contribution in [3.8, 4) is 0 Å². The average Bonchev–Trinajstić information content (AvgIpc) is 2.62. The van der Waals surface area contributed by atoms with Crippen molar-refractivity contribution in [2.75, 3.05) is 6.54 Å². The second kappa shape index (κ2) is 8.65. The van der Waals surface area contributed by atoms with E-state index in [2.05, 4.69) is 31.1 Å². The van der Waals surface area contributed by atoms with Gasteiger partial charge in [0.2, 0.25) is 0 Å². The van der Waals surface area contributed by atoms with Crippen LogP contribution in [-0.4, -0.2) is 11.5 Å². The van der Waals surface area contributed by atoms with E-state index in [0.29, 0.717) is 0 Å². The molecule has 0 amide bonds. The van der Waals surface area contributed by atoms with Crippen LogP contribution in [0.25, 0.3) is 0 Å². The van der Waals surface area contributed by atoms with Crippen molar-refractivity contribution in [2.24, 2.45) is 0 Å². The number of unbranched alkanes of at least 4 members (excludes halogenated alkanes) is 5. The standard InChI is InChI=1S/C14H26N2S/c1-4-5-6-7-8-9-10-15-11-14-16-12(2)13(3)17-14/h15H,4-11H2,1-3H3. The minimum Gasteiger partial charge on any atom is -0.310 e. The highest BCUT2D eigenvalue weighted by Crippen LogP contribution is 2.15. The van der Waals surface area contributed by atoms with Gasteiger partial charge in [-0.15, -0.1) is 11.3 Å². The molecule has 3 heteroatoms. The molecule has 1 aromatic rings. The molecule has 0 aliphatic rings. The quantitative estimate of drug-likeness (QED) is 0.668. The van der Waals surface area contributed by atoms with Crippen molar-refractivity contribution in [2.45, 2.75) is 65.8 Å². The number of aryl methyl sites for hydroxylation is 2. The first-order chi connectivity index (χ1) is 8.24. The number of aromatic nitrogens is 1. The van der Waals surface area contributed by atoms with E-state index in [-0.39, 0.29) is 0 Å². The Morgan fingerprint density at radius 2 is 1.76 bits per heavy atom. The molecular formula is C14H26N2S. The summed E-state index contributed by atoms with van der Waals surface area (Å²) in [6.07, 6.45) is 8.19. The fourth-order valence-corrected chi connectivity index (χ4v) is 2.74. The third kappa shape index (κ3) is 6.18. The lowest BCUT2D eigenvalue weighted by molar-refractivity contribution is 0.571. The zero-order chi connectivity index (χ0) is 12.5. The van der Waals surface area contributed by atoms with E-state index >= 15 is 0 Å². The third-order valence-corrected chi connectivity index (χ3v) is 4.13. The highest BCUT2D eigenvalue weighted by Gasteiger charge is 2.02. The van der Waals surface area contributed by atoms with E-state index in [1.165, 1.54) is 54.1 Å². The smallest absolute Gasteiger partial charge is 0.107 e. The fraction of sp³-hybridized carbons (Fsp3) is 0.786. The Labute approximate surface area is 110 Å². The number of nitrogens with one attached hydrogen (secondary N) is 1. The fourth-order valence-electron chi connectivity index (χ4n) is 1.84. The maximum absolute atomic E-state index is 4.52. The first-order valence-electron chi connectivity index (χ1n) is 6.87. The predicted octanol–water partition coefficient (Wildman–Crippen LogP) is 4.21. The van der Waals surface area contributed by atoms with Crippen LogP contribution in [0.1, 0.15) is 61.0 Å². The molecular weight excluding hydrogens is 228 g/mol. The number of thiazole rings is 1. The Morgan fingerprint density at radius 1 is 1.06 bits per heavy atom. The molecule has 0 aromatic carbocycles. The molecule has 0 aliphatic heterocycles. The van der Waals surface area contributed by atoms with Crippen LogP contribution in [0, 0.1) is 13.8 Å². The first-order valence-corrected chi connectivity index (χ1v) is 7.69. The second-order valence-corrected chi connectivity index (χ2v) is 5.98. The van der Waals surface area contributed by atoms with Gasteiger partial charge in [-0.3, -0.25) is 0 Å². The summed E-state index contributed by atoms with van der Waals surface area (Å²) in [5.41, 5.74) is 1.19. The number of rotatable bonds is 9. The molecule has 0 aliphatic carbocycles. The number of hydrogen-bond donors (Lipinski definition) is 1. The van der Waals surface area contributed by atoms with E-state index in [4.69, 9.17) is 0 Å². The molecule has 98 valence electrons. The van der Waals surface area contributed by atoms with Crippen molar-refractivity contribution >= 4 is 11.3 Å². The van der Waals surface area contributed by atoms with Crippen LogP contribution < -0.4 is 5.32 Å². The highest BCUT2D eigenvalue weighted by atomic mass is 32.1. The van der Waals surface area contributed by atoms with Crippen LogP contribution in [0.2, 0.25) is 0 Å². The summed E-state index contributed by atoms with van der Waals surface area (Å²) in [5, 5.41) is 4.71. The maximum Gasteiger partial charge on any atom is 0.107 e. The van der Waals surface area contributed by atoms with E-state index in [1.54, 1.807) is 0 Å².